The van der Waals surface area contributed by atoms with Crippen LogP contribution in [0.15, 0.2) is 48.7 Å². The zero-order chi connectivity index (χ0) is 11.2. The molecule has 0 unspecified atom stereocenters. The molecule has 0 fully saturated rings. The summed E-state index contributed by atoms with van der Waals surface area (Å²) in [4.78, 5) is 4.22. The predicted octanol–water partition coefficient (Wildman–Crippen LogP) is -3.71. The number of rotatable bonds is 4. The Hall–Kier alpha value is -1.45. The van der Waals surface area contributed by atoms with Crippen molar-refractivity contribution >= 4 is 5.69 Å². The number of hydrogen-bond donors (Lipinski definition) is 1. The van der Waals surface area contributed by atoms with Gasteiger partial charge in [-0.3, -0.25) is 4.98 Å². The van der Waals surface area contributed by atoms with E-state index in [2.05, 4.69) is 4.98 Å². The van der Waals surface area contributed by atoms with Gasteiger partial charge in [0.25, 0.3) is 0 Å². The monoisotopic (exact) mass is 284 g/mol. The molecule has 0 radical (unpaired) electrons. The number of anilines is 1. The maximum absolute atomic E-state index is 5.76. The van der Waals surface area contributed by atoms with Crippen molar-refractivity contribution in [2.75, 3.05) is 12.3 Å². The lowest BCUT2D eigenvalue weighted by Gasteiger charge is -2.07. The number of nitrogen functional groups attached to an aromatic ring is 1. The summed E-state index contributed by atoms with van der Waals surface area (Å²) in [7, 11) is 0. The molecule has 3 nitrogen and oxygen atoms in total. The Balaban J connectivity index is 0.00000144. The quantitative estimate of drug-likeness (QED) is 0.588. The Morgan fingerprint density at radius 3 is 2.39 bits per heavy atom. The minimum atomic E-state index is 0. The van der Waals surface area contributed by atoms with Gasteiger partial charge in [0, 0.05) is 18.3 Å². The summed E-state index contributed by atoms with van der Waals surface area (Å²) in [5, 5.41) is 0. The first-order valence-corrected chi connectivity index (χ1v) is 5.23. The molecule has 1 heterocycles. The van der Waals surface area contributed by atoms with Gasteiger partial charge in [0.1, 0.15) is 5.75 Å². The highest BCUT2D eigenvalue weighted by Crippen LogP contribution is 2.19. The van der Waals surface area contributed by atoms with Crippen LogP contribution in [0.1, 0.15) is 5.69 Å². The average Bonchev–Trinajstić information content (AvgIpc) is 2.33. The number of nitrogens with zero attached hydrogens (tertiary/aromatic N) is 1. The van der Waals surface area contributed by atoms with Gasteiger partial charge < -0.3 is 35.3 Å². The zero-order valence-corrected chi connectivity index (χ0v) is 11.2. The molecule has 0 aliphatic heterocycles. The largest absolute Gasteiger partial charge is 1.00 e. The molecule has 0 bridgehead atoms. The van der Waals surface area contributed by atoms with Gasteiger partial charge >= 0.3 is 0 Å². The third kappa shape index (κ3) is 4.82. The predicted molar refractivity (Wildman–Crippen MR) is 64.3 cm³/mol. The third-order valence-corrected chi connectivity index (χ3v) is 2.26. The van der Waals surface area contributed by atoms with Crippen molar-refractivity contribution in [2.24, 2.45) is 0 Å². The van der Waals surface area contributed by atoms with Gasteiger partial charge in [0.05, 0.1) is 12.3 Å². The summed E-state index contributed by atoms with van der Waals surface area (Å²) >= 11 is 0. The molecule has 2 N–H and O–H groups in total. The van der Waals surface area contributed by atoms with Gasteiger partial charge in [-0.05, 0) is 24.3 Å². The van der Waals surface area contributed by atoms with Crippen LogP contribution < -0.4 is 35.3 Å². The lowest BCUT2D eigenvalue weighted by atomic mass is 10.3. The van der Waals surface area contributed by atoms with Crippen LogP contribution in [0, 0.1) is 0 Å². The van der Waals surface area contributed by atoms with E-state index in [9.17, 15) is 0 Å². The number of nitrogens with two attached hydrogens (primary N) is 1. The topological polar surface area (TPSA) is 48.1 Å². The van der Waals surface area contributed by atoms with E-state index in [4.69, 9.17) is 10.5 Å². The zero-order valence-electron chi connectivity index (χ0n) is 9.72. The fraction of sp³-hybridized carbons (Fsp3) is 0.154. The minimum absolute atomic E-state index is 0. The number of pyridine rings is 1. The van der Waals surface area contributed by atoms with Crippen LogP contribution in [0.2, 0.25) is 0 Å². The van der Waals surface area contributed by atoms with E-state index >= 15 is 0 Å². The Morgan fingerprint density at radius 1 is 1.00 bits per heavy atom. The van der Waals surface area contributed by atoms with E-state index in [1.807, 2.05) is 42.5 Å². The first-order valence-electron chi connectivity index (χ1n) is 5.23. The van der Waals surface area contributed by atoms with Crippen molar-refractivity contribution < 1.29 is 29.6 Å². The molecule has 5 heteroatoms. The summed E-state index contributed by atoms with van der Waals surface area (Å²) in [6, 6.07) is 13.4. The van der Waals surface area contributed by atoms with Crippen LogP contribution in [-0.2, 0) is 6.42 Å². The number of para-hydroxylation sites is 2. The number of halogens is 2. The van der Waals surface area contributed by atoms with E-state index in [0.717, 1.165) is 17.9 Å². The first kappa shape index (κ1) is 16.6. The molecule has 2 rings (SSSR count). The number of hydrogen-bond acceptors (Lipinski definition) is 3. The summed E-state index contributed by atoms with van der Waals surface area (Å²) in [5.74, 6) is 0.735. The van der Waals surface area contributed by atoms with Crippen LogP contribution in [0.5, 0.6) is 5.75 Å². The average molecular weight is 285 g/mol. The molecule has 0 aliphatic rings. The maximum atomic E-state index is 5.76. The molecule has 0 aliphatic carbocycles. The second-order valence-corrected chi connectivity index (χ2v) is 3.46. The minimum Gasteiger partial charge on any atom is -1.00 e. The van der Waals surface area contributed by atoms with Crippen LogP contribution in [0.25, 0.3) is 0 Å². The Kier molecular flexibility index (Phi) is 7.92. The molecule has 1 aromatic heterocycles. The molecule has 98 valence electrons. The van der Waals surface area contributed by atoms with Gasteiger partial charge in [-0.2, -0.15) is 0 Å². The van der Waals surface area contributed by atoms with Gasteiger partial charge in [-0.1, -0.05) is 18.2 Å². The van der Waals surface area contributed by atoms with Crippen LogP contribution in [0.4, 0.5) is 5.69 Å². The Labute approximate surface area is 119 Å². The highest BCUT2D eigenvalue weighted by molar-refractivity contribution is 5.51. The molecular weight excluding hydrogens is 271 g/mol. The van der Waals surface area contributed by atoms with Crippen LogP contribution >= 0.6 is 0 Å². The fourth-order valence-corrected chi connectivity index (χ4v) is 1.42. The molecular formula is C13H14Cl2N2O-2. The smallest absolute Gasteiger partial charge is 0.142 e. The van der Waals surface area contributed by atoms with Gasteiger partial charge in [0.2, 0.25) is 0 Å². The van der Waals surface area contributed by atoms with Crippen LogP contribution in [-0.4, -0.2) is 11.6 Å². The maximum Gasteiger partial charge on any atom is 0.142 e. The number of benzene rings is 1. The molecule has 2 aromatic rings. The van der Waals surface area contributed by atoms with Crippen molar-refractivity contribution in [3.05, 3.63) is 54.4 Å². The molecule has 18 heavy (non-hydrogen) atoms. The lowest BCUT2D eigenvalue weighted by molar-refractivity contribution is -0.001000. The molecule has 0 spiro atoms. The Morgan fingerprint density at radius 2 is 1.72 bits per heavy atom. The summed E-state index contributed by atoms with van der Waals surface area (Å²) in [6.45, 7) is 0.589. The SMILES string of the molecule is Nc1ccccc1OCCc1ccccn1.[Cl-].[Cl-]. The molecule has 1 aromatic carbocycles. The van der Waals surface area contributed by atoms with Crippen molar-refractivity contribution in [3.8, 4) is 5.75 Å². The van der Waals surface area contributed by atoms with Gasteiger partial charge in [-0.15, -0.1) is 0 Å². The molecule has 0 amide bonds. The Bertz CT molecular complexity index is 452. The fourth-order valence-electron chi connectivity index (χ4n) is 1.42. The lowest BCUT2D eigenvalue weighted by Crippen LogP contribution is -3.00. The summed E-state index contributed by atoms with van der Waals surface area (Å²) in [5.41, 5.74) is 7.45. The summed E-state index contributed by atoms with van der Waals surface area (Å²) in [6.07, 6.45) is 2.57. The number of ether oxygens (including phenoxy) is 1. The normalized spacial score (nSPS) is 8.89. The van der Waals surface area contributed by atoms with Crippen molar-refractivity contribution in [2.45, 2.75) is 6.42 Å². The van der Waals surface area contributed by atoms with Gasteiger partial charge in [-0.25, -0.2) is 0 Å². The van der Waals surface area contributed by atoms with E-state index in [1.54, 1.807) is 6.20 Å². The molecule has 0 atom stereocenters. The van der Waals surface area contributed by atoms with Crippen molar-refractivity contribution in [1.29, 1.82) is 0 Å². The van der Waals surface area contributed by atoms with E-state index in [0.29, 0.717) is 12.3 Å². The highest BCUT2D eigenvalue weighted by atomic mass is 35.5. The van der Waals surface area contributed by atoms with Gasteiger partial charge in [0.15, 0.2) is 0 Å². The second kappa shape index (κ2) is 8.61. The second-order valence-electron chi connectivity index (χ2n) is 3.46. The van der Waals surface area contributed by atoms with E-state index < -0.39 is 0 Å². The standard InChI is InChI=1S/C13H14N2O.2ClH/c14-12-6-1-2-7-13(12)16-10-8-11-5-3-4-9-15-11;;/h1-7,9H,8,10,14H2;2*1H/p-2. The number of aromatic nitrogens is 1. The highest BCUT2D eigenvalue weighted by Gasteiger charge is 1.98. The van der Waals surface area contributed by atoms with Crippen molar-refractivity contribution in [3.63, 3.8) is 0 Å². The first-order chi connectivity index (χ1) is 7.86. The summed E-state index contributed by atoms with van der Waals surface area (Å²) < 4.78 is 5.58. The van der Waals surface area contributed by atoms with Crippen LogP contribution in [0.3, 0.4) is 0 Å². The third-order valence-electron chi connectivity index (χ3n) is 2.26. The van der Waals surface area contributed by atoms with Crippen molar-refractivity contribution in [1.82, 2.24) is 4.98 Å². The molecule has 0 saturated heterocycles. The van der Waals surface area contributed by atoms with E-state index in [1.165, 1.54) is 0 Å². The van der Waals surface area contributed by atoms with E-state index in [-0.39, 0.29) is 24.8 Å². The molecule has 0 saturated carbocycles.